The van der Waals surface area contributed by atoms with Gasteiger partial charge >= 0.3 is 5.97 Å². The van der Waals surface area contributed by atoms with Gasteiger partial charge in [-0.05, 0) is 24.6 Å². The van der Waals surface area contributed by atoms with Crippen molar-refractivity contribution in [1.29, 1.82) is 0 Å². The predicted octanol–water partition coefficient (Wildman–Crippen LogP) is 2.27. The van der Waals surface area contributed by atoms with Crippen molar-refractivity contribution in [2.45, 2.75) is 18.1 Å². The lowest BCUT2D eigenvalue weighted by Crippen LogP contribution is -2.48. The van der Waals surface area contributed by atoms with Crippen LogP contribution in [-0.4, -0.2) is 45.4 Å². The van der Waals surface area contributed by atoms with Crippen LogP contribution < -0.4 is 5.32 Å². The summed E-state index contributed by atoms with van der Waals surface area (Å²) < 4.78 is 51.0. The molecule has 0 saturated carbocycles. The number of carbonyl (C=O) groups is 1. The molecule has 1 saturated heterocycles. The number of nitrogens with one attached hydrogen (secondary N) is 1. The van der Waals surface area contributed by atoms with E-state index in [9.17, 15) is 17.6 Å². The van der Waals surface area contributed by atoms with Crippen LogP contribution in [0.25, 0.3) is 0 Å². The molecule has 0 spiro atoms. The van der Waals surface area contributed by atoms with Crippen molar-refractivity contribution in [3.05, 3.63) is 53.0 Å². The molecule has 3 rings (SSSR count). The van der Waals surface area contributed by atoms with E-state index >= 15 is 0 Å². The van der Waals surface area contributed by atoms with Crippen LogP contribution in [0, 0.1) is 12.7 Å². The zero-order chi connectivity index (χ0) is 18.9. The van der Waals surface area contributed by atoms with Gasteiger partial charge in [0.15, 0.2) is 0 Å². The molecular formula is C17H20ClFN2O5S. The average Bonchev–Trinajstić information content (AvgIpc) is 3.03. The van der Waals surface area contributed by atoms with Gasteiger partial charge in [0.25, 0.3) is 10.0 Å². The van der Waals surface area contributed by atoms with E-state index in [4.69, 9.17) is 4.42 Å². The number of methoxy groups -OCH3 is 1. The molecule has 27 heavy (non-hydrogen) atoms. The Bertz CT molecular complexity index is 931. The van der Waals surface area contributed by atoms with Gasteiger partial charge in [0.2, 0.25) is 5.09 Å². The first-order valence-electron chi connectivity index (χ1n) is 8.01. The molecule has 1 aliphatic heterocycles. The number of ether oxygens (including phenoxy) is 1. The Kier molecular flexibility index (Phi) is 6.63. The first-order valence-corrected chi connectivity index (χ1v) is 9.45. The molecule has 2 aromatic rings. The van der Waals surface area contributed by atoms with Gasteiger partial charge in [0.05, 0.1) is 13.2 Å². The SMILES string of the molecule is COC(=O)c1cc(S(=O)(=O)N2CCNCC2c2cccc(F)c2)oc1C.Cl. The Hall–Kier alpha value is -1.94. The van der Waals surface area contributed by atoms with E-state index in [1.165, 1.54) is 42.6 Å². The smallest absolute Gasteiger partial charge is 0.341 e. The molecule has 1 unspecified atom stereocenters. The van der Waals surface area contributed by atoms with Crippen molar-refractivity contribution >= 4 is 28.4 Å². The molecule has 1 aliphatic rings. The number of hydrogen-bond acceptors (Lipinski definition) is 6. The van der Waals surface area contributed by atoms with E-state index in [-0.39, 0.29) is 35.4 Å². The van der Waals surface area contributed by atoms with Gasteiger partial charge in [-0.3, -0.25) is 0 Å². The minimum atomic E-state index is -4.02. The second-order valence-corrected chi connectivity index (χ2v) is 7.74. The van der Waals surface area contributed by atoms with Gasteiger partial charge in [-0.15, -0.1) is 12.4 Å². The number of sulfonamides is 1. The van der Waals surface area contributed by atoms with Crippen molar-refractivity contribution in [2.24, 2.45) is 0 Å². The van der Waals surface area contributed by atoms with Crippen LogP contribution in [-0.2, 0) is 14.8 Å². The van der Waals surface area contributed by atoms with E-state index in [1.54, 1.807) is 6.07 Å². The number of piperazine rings is 1. The monoisotopic (exact) mass is 418 g/mol. The number of rotatable bonds is 4. The van der Waals surface area contributed by atoms with Crippen LogP contribution in [0.1, 0.15) is 27.7 Å². The van der Waals surface area contributed by atoms with Gasteiger partial charge in [-0.1, -0.05) is 12.1 Å². The molecule has 0 amide bonds. The highest BCUT2D eigenvalue weighted by atomic mass is 35.5. The largest absolute Gasteiger partial charge is 0.465 e. The summed E-state index contributed by atoms with van der Waals surface area (Å²) in [5, 5.41) is 2.78. The van der Waals surface area contributed by atoms with Gasteiger partial charge in [0, 0.05) is 25.7 Å². The lowest BCUT2D eigenvalue weighted by atomic mass is 10.1. The van der Waals surface area contributed by atoms with Gasteiger partial charge in [0.1, 0.15) is 17.1 Å². The van der Waals surface area contributed by atoms with Gasteiger partial charge in [-0.2, -0.15) is 4.31 Å². The van der Waals surface area contributed by atoms with E-state index < -0.39 is 27.9 Å². The molecule has 1 atom stereocenters. The maximum atomic E-state index is 13.6. The molecule has 0 aliphatic carbocycles. The molecular weight excluding hydrogens is 399 g/mol. The van der Waals surface area contributed by atoms with Gasteiger partial charge < -0.3 is 14.5 Å². The Morgan fingerprint density at radius 1 is 1.37 bits per heavy atom. The molecule has 10 heteroatoms. The minimum absolute atomic E-state index is 0. The Morgan fingerprint density at radius 3 is 2.78 bits per heavy atom. The van der Waals surface area contributed by atoms with Crippen molar-refractivity contribution in [1.82, 2.24) is 9.62 Å². The van der Waals surface area contributed by atoms with Crippen molar-refractivity contribution < 1.29 is 26.8 Å². The average molecular weight is 419 g/mol. The molecule has 0 radical (unpaired) electrons. The van der Waals surface area contributed by atoms with Crippen LogP contribution in [0.5, 0.6) is 0 Å². The molecule has 1 fully saturated rings. The zero-order valence-electron chi connectivity index (χ0n) is 14.8. The highest BCUT2D eigenvalue weighted by molar-refractivity contribution is 7.89. The summed E-state index contributed by atoms with van der Waals surface area (Å²) in [4.78, 5) is 11.7. The first kappa shape index (κ1) is 21.4. The second kappa shape index (κ2) is 8.39. The van der Waals surface area contributed by atoms with Crippen molar-refractivity contribution in [3.63, 3.8) is 0 Å². The maximum Gasteiger partial charge on any atom is 0.341 e. The maximum absolute atomic E-state index is 13.6. The van der Waals surface area contributed by atoms with E-state index in [0.717, 1.165) is 0 Å². The third-order valence-corrected chi connectivity index (χ3v) is 6.06. The number of furan rings is 1. The van der Waals surface area contributed by atoms with Crippen LogP contribution in [0.3, 0.4) is 0 Å². The van der Waals surface area contributed by atoms with Crippen LogP contribution in [0.15, 0.2) is 39.8 Å². The number of aryl methyl sites for hydroxylation is 1. The fourth-order valence-electron chi connectivity index (χ4n) is 2.98. The lowest BCUT2D eigenvalue weighted by molar-refractivity contribution is 0.0598. The summed E-state index contributed by atoms with van der Waals surface area (Å²) in [6.45, 7) is 2.48. The Labute approximate surface area is 162 Å². The molecule has 1 aromatic heterocycles. The number of benzene rings is 1. The normalized spacial score (nSPS) is 18.0. The third-order valence-electron chi connectivity index (χ3n) is 4.29. The quantitative estimate of drug-likeness (QED) is 0.766. The van der Waals surface area contributed by atoms with Crippen molar-refractivity contribution in [2.75, 3.05) is 26.7 Å². The predicted molar refractivity (Wildman–Crippen MR) is 97.9 cm³/mol. The van der Waals surface area contributed by atoms with Crippen molar-refractivity contribution in [3.8, 4) is 0 Å². The summed E-state index contributed by atoms with van der Waals surface area (Å²) in [6.07, 6.45) is 0. The fraction of sp³-hybridized carbons (Fsp3) is 0.353. The Morgan fingerprint density at radius 2 is 2.11 bits per heavy atom. The highest BCUT2D eigenvalue weighted by Crippen LogP contribution is 2.31. The fourth-order valence-corrected chi connectivity index (χ4v) is 4.57. The highest BCUT2D eigenvalue weighted by Gasteiger charge is 2.37. The number of halogens is 2. The lowest BCUT2D eigenvalue weighted by Gasteiger charge is -2.34. The molecule has 1 N–H and O–H groups in total. The number of carbonyl (C=O) groups excluding carboxylic acids is 1. The van der Waals surface area contributed by atoms with Crippen LogP contribution in [0.2, 0.25) is 0 Å². The molecule has 1 aromatic carbocycles. The summed E-state index contributed by atoms with van der Waals surface area (Å²) in [5.41, 5.74) is 0.598. The molecule has 7 nitrogen and oxygen atoms in total. The number of nitrogens with zero attached hydrogens (tertiary/aromatic N) is 1. The number of hydrogen-bond donors (Lipinski definition) is 1. The topological polar surface area (TPSA) is 88.9 Å². The first-order chi connectivity index (χ1) is 12.3. The summed E-state index contributed by atoms with van der Waals surface area (Å²) in [6, 6.07) is 6.41. The van der Waals surface area contributed by atoms with Crippen LogP contribution >= 0.6 is 12.4 Å². The molecule has 148 valence electrons. The molecule has 0 bridgehead atoms. The van der Waals surface area contributed by atoms with Crippen LogP contribution in [0.4, 0.5) is 4.39 Å². The third kappa shape index (κ3) is 4.16. The minimum Gasteiger partial charge on any atom is -0.465 e. The summed E-state index contributed by atoms with van der Waals surface area (Å²) in [7, 11) is -2.81. The molecule has 2 heterocycles. The van der Waals surface area contributed by atoms with E-state index in [1.807, 2.05) is 0 Å². The van der Waals surface area contributed by atoms with E-state index in [2.05, 4.69) is 10.1 Å². The Balaban J connectivity index is 0.00000261. The zero-order valence-corrected chi connectivity index (χ0v) is 16.4. The summed E-state index contributed by atoms with van der Waals surface area (Å²) >= 11 is 0. The van der Waals surface area contributed by atoms with Gasteiger partial charge in [-0.25, -0.2) is 17.6 Å². The standard InChI is InChI=1S/C17H19FN2O5S.ClH/c1-11-14(17(21)24-2)9-16(25-11)26(22,23)20-7-6-19-10-15(20)12-4-3-5-13(18)8-12;/h3-5,8-9,15,19H,6-7,10H2,1-2H3;1H. The summed E-state index contributed by atoms with van der Waals surface area (Å²) in [5.74, 6) is -0.949. The second-order valence-electron chi connectivity index (χ2n) is 5.92. The number of esters is 1. The van der Waals surface area contributed by atoms with E-state index in [0.29, 0.717) is 18.7 Å².